The molecule has 0 aromatic heterocycles. The van der Waals surface area contributed by atoms with Gasteiger partial charge < -0.3 is 21.9 Å². The number of aliphatic carboxylic acids is 1. The van der Waals surface area contributed by atoms with Crippen molar-refractivity contribution in [2.45, 2.75) is 18.9 Å². The Morgan fingerprint density at radius 3 is 2.73 bits per heavy atom. The summed E-state index contributed by atoms with van der Waals surface area (Å²) in [7, 11) is 0. The second kappa shape index (κ2) is 6.09. The highest BCUT2D eigenvalue weighted by atomic mass is 16.4. The van der Waals surface area contributed by atoms with Crippen molar-refractivity contribution in [2.75, 3.05) is 13.2 Å². The normalized spacial score (nSPS) is 12.9. The molecule has 0 aromatic rings. The molecule has 6 N–H and O–H groups in total. The molecule has 0 radical (unpaired) electrons. The Hall–Kier alpha value is -0.650. The van der Waals surface area contributed by atoms with Gasteiger partial charge in [0, 0.05) is 6.67 Å². The first-order chi connectivity index (χ1) is 5.18. The summed E-state index contributed by atoms with van der Waals surface area (Å²) in [4.78, 5) is 10.2. The third-order valence-electron chi connectivity index (χ3n) is 1.33. The van der Waals surface area contributed by atoms with E-state index in [2.05, 4.69) is 5.32 Å². The molecule has 0 rings (SSSR count). The van der Waals surface area contributed by atoms with Gasteiger partial charge in [-0.1, -0.05) is 0 Å². The molecule has 0 fully saturated rings. The van der Waals surface area contributed by atoms with Gasteiger partial charge in [-0.3, -0.25) is 4.79 Å². The topological polar surface area (TPSA) is 101 Å². The van der Waals surface area contributed by atoms with Gasteiger partial charge in [0.2, 0.25) is 0 Å². The van der Waals surface area contributed by atoms with E-state index in [0.717, 1.165) is 13.0 Å². The first kappa shape index (κ1) is 10.3. The molecule has 1 atom stereocenters. The maximum absolute atomic E-state index is 10.2. The van der Waals surface area contributed by atoms with E-state index in [1.807, 2.05) is 0 Å². The van der Waals surface area contributed by atoms with Crippen LogP contribution >= 0.6 is 0 Å². The molecule has 11 heavy (non-hydrogen) atoms. The smallest absolute Gasteiger partial charge is 0.320 e. The first-order valence-corrected chi connectivity index (χ1v) is 3.57. The molecule has 0 bridgehead atoms. The van der Waals surface area contributed by atoms with E-state index in [1.165, 1.54) is 0 Å². The minimum atomic E-state index is -0.947. The number of carboxylic acids is 1. The number of hydrogen-bond donors (Lipinski definition) is 4. The second-order valence-corrected chi connectivity index (χ2v) is 2.29. The van der Waals surface area contributed by atoms with E-state index in [1.54, 1.807) is 0 Å². The number of hydrogen-bond acceptors (Lipinski definition) is 4. The van der Waals surface area contributed by atoms with Gasteiger partial charge in [0.1, 0.15) is 6.04 Å². The Kier molecular flexibility index (Phi) is 5.73. The maximum Gasteiger partial charge on any atom is 0.320 e. The molecule has 0 unspecified atom stereocenters. The van der Waals surface area contributed by atoms with Crippen LogP contribution in [0.2, 0.25) is 0 Å². The maximum atomic E-state index is 10.2. The van der Waals surface area contributed by atoms with E-state index >= 15 is 0 Å². The van der Waals surface area contributed by atoms with Crippen LogP contribution in [0.15, 0.2) is 0 Å². The molecular formula is C6H15N3O2. The monoisotopic (exact) mass is 161 g/mol. The van der Waals surface area contributed by atoms with Gasteiger partial charge in [0.05, 0.1) is 0 Å². The fourth-order valence-electron chi connectivity index (χ4n) is 0.673. The van der Waals surface area contributed by atoms with Crippen molar-refractivity contribution in [1.29, 1.82) is 0 Å². The summed E-state index contributed by atoms with van der Waals surface area (Å²) in [5.41, 5.74) is 10.4. The average Bonchev–Trinajstić information content (AvgIpc) is 1.97. The van der Waals surface area contributed by atoms with Gasteiger partial charge in [0.25, 0.3) is 0 Å². The van der Waals surface area contributed by atoms with Crippen LogP contribution in [-0.2, 0) is 4.79 Å². The lowest BCUT2D eigenvalue weighted by atomic mass is 10.2. The Morgan fingerprint density at radius 1 is 1.64 bits per heavy atom. The summed E-state index contributed by atoms with van der Waals surface area (Å²) >= 11 is 0. The summed E-state index contributed by atoms with van der Waals surface area (Å²) in [6, 6.07) is -0.741. The van der Waals surface area contributed by atoms with Gasteiger partial charge in [-0.15, -0.1) is 0 Å². The lowest BCUT2D eigenvalue weighted by Gasteiger charge is -2.05. The SMILES string of the molecule is NCNCCC[C@H](N)C(=O)O. The molecule has 0 aliphatic heterocycles. The highest BCUT2D eigenvalue weighted by Gasteiger charge is 2.09. The van der Waals surface area contributed by atoms with Crippen LogP contribution in [0.1, 0.15) is 12.8 Å². The summed E-state index contributed by atoms with van der Waals surface area (Å²) in [6.07, 6.45) is 1.23. The van der Waals surface area contributed by atoms with Crippen molar-refractivity contribution in [1.82, 2.24) is 5.32 Å². The zero-order chi connectivity index (χ0) is 8.69. The number of carboxylic acid groups (broad SMARTS) is 1. The standard InChI is InChI=1S/C6H15N3O2/c7-4-9-3-1-2-5(8)6(10)11/h5,9H,1-4,7-8H2,(H,10,11)/t5-/m0/s1. The Labute approximate surface area is 65.7 Å². The molecule has 0 heterocycles. The number of carbonyl (C=O) groups is 1. The molecule has 5 heteroatoms. The van der Waals surface area contributed by atoms with Crippen LogP contribution < -0.4 is 16.8 Å². The first-order valence-electron chi connectivity index (χ1n) is 3.57. The third-order valence-corrected chi connectivity index (χ3v) is 1.33. The summed E-state index contributed by atoms with van der Waals surface area (Å²) in [5.74, 6) is -0.947. The Balaban J connectivity index is 3.17. The molecule has 0 saturated carbocycles. The van der Waals surface area contributed by atoms with E-state index in [4.69, 9.17) is 16.6 Å². The zero-order valence-corrected chi connectivity index (χ0v) is 6.42. The van der Waals surface area contributed by atoms with Crippen molar-refractivity contribution < 1.29 is 9.90 Å². The number of nitrogens with one attached hydrogen (secondary N) is 1. The summed E-state index contributed by atoms with van der Waals surface area (Å²) in [6.45, 7) is 1.14. The zero-order valence-electron chi connectivity index (χ0n) is 6.42. The Morgan fingerprint density at radius 2 is 2.27 bits per heavy atom. The van der Waals surface area contributed by atoms with Crippen molar-refractivity contribution in [3.63, 3.8) is 0 Å². The van der Waals surface area contributed by atoms with Gasteiger partial charge in [-0.25, -0.2) is 0 Å². The van der Waals surface area contributed by atoms with Crippen LogP contribution in [0.25, 0.3) is 0 Å². The number of nitrogens with two attached hydrogens (primary N) is 2. The quantitative estimate of drug-likeness (QED) is 0.286. The average molecular weight is 161 g/mol. The van der Waals surface area contributed by atoms with Crippen molar-refractivity contribution in [2.24, 2.45) is 11.5 Å². The van der Waals surface area contributed by atoms with Crippen LogP contribution in [0.5, 0.6) is 0 Å². The molecule has 0 amide bonds. The molecule has 0 aliphatic rings. The lowest BCUT2D eigenvalue weighted by molar-refractivity contribution is -0.138. The Bertz CT molecular complexity index is 118. The summed E-state index contributed by atoms with van der Waals surface area (Å²) < 4.78 is 0. The lowest BCUT2D eigenvalue weighted by Crippen LogP contribution is -2.31. The predicted octanol–water partition coefficient (Wildman–Crippen LogP) is -1.32. The highest BCUT2D eigenvalue weighted by molar-refractivity contribution is 5.72. The predicted molar refractivity (Wildman–Crippen MR) is 41.9 cm³/mol. The molecule has 66 valence electrons. The van der Waals surface area contributed by atoms with E-state index in [9.17, 15) is 4.79 Å². The summed E-state index contributed by atoms with van der Waals surface area (Å²) in [5, 5.41) is 11.2. The van der Waals surface area contributed by atoms with Crippen LogP contribution in [0.4, 0.5) is 0 Å². The molecular weight excluding hydrogens is 146 g/mol. The number of rotatable bonds is 6. The minimum absolute atomic E-state index is 0.419. The van der Waals surface area contributed by atoms with Gasteiger partial charge in [-0.2, -0.15) is 0 Å². The van der Waals surface area contributed by atoms with Crippen LogP contribution in [0.3, 0.4) is 0 Å². The van der Waals surface area contributed by atoms with Crippen molar-refractivity contribution >= 4 is 5.97 Å². The van der Waals surface area contributed by atoms with Gasteiger partial charge in [-0.05, 0) is 19.4 Å². The van der Waals surface area contributed by atoms with Crippen molar-refractivity contribution in [3.8, 4) is 0 Å². The molecule has 0 spiro atoms. The van der Waals surface area contributed by atoms with Crippen molar-refractivity contribution in [3.05, 3.63) is 0 Å². The molecule has 0 aromatic carbocycles. The fourth-order valence-corrected chi connectivity index (χ4v) is 0.673. The van der Waals surface area contributed by atoms with Gasteiger partial charge >= 0.3 is 5.97 Å². The van der Waals surface area contributed by atoms with Gasteiger partial charge in [0.15, 0.2) is 0 Å². The largest absolute Gasteiger partial charge is 0.480 e. The minimum Gasteiger partial charge on any atom is -0.480 e. The van der Waals surface area contributed by atoms with E-state index in [0.29, 0.717) is 13.1 Å². The molecule has 0 saturated heterocycles. The molecule has 0 aliphatic carbocycles. The molecule has 5 nitrogen and oxygen atoms in total. The highest BCUT2D eigenvalue weighted by Crippen LogP contribution is 1.92. The fraction of sp³-hybridized carbons (Fsp3) is 0.833. The third kappa shape index (κ3) is 5.78. The van der Waals surface area contributed by atoms with Crippen LogP contribution in [-0.4, -0.2) is 30.3 Å². The van der Waals surface area contributed by atoms with E-state index in [-0.39, 0.29) is 0 Å². The van der Waals surface area contributed by atoms with E-state index < -0.39 is 12.0 Å². The second-order valence-electron chi connectivity index (χ2n) is 2.29. The van der Waals surface area contributed by atoms with Crippen LogP contribution in [0, 0.1) is 0 Å².